The lowest BCUT2D eigenvalue weighted by molar-refractivity contribution is 0.484. The summed E-state index contributed by atoms with van der Waals surface area (Å²) in [5, 5.41) is 0. The minimum Gasteiger partial charge on any atom is -0.455 e. The number of ether oxygens (including phenoxy) is 1. The van der Waals surface area contributed by atoms with Crippen LogP contribution in [0.5, 0.6) is 11.5 Å². The molecule has 96 valence electrons. The standard InChI is InChI=1S/C15H14N2O2/c1-2-17-14-12(16-15(17)18)9-6-10-13(14)19-11-7-4-3-5-8-11/h3-10H,2H2,1H3,(H,16,18). The van der Waals surface area contributed by atoms with E-state index in [1.165, 1.54) is 0 Å². The van der Waals surface area contributed by atoms with Gasteiger partial charge in [-0.25, -0.2) is 4.79 Å². The summed E-state index contributed by atoms with van der Waals surface area (Å²) in [6.07, 6.45) is 0. The van der Waals surface area contributed by atoms with Gasteiger partial charge in [-0.3, -0.25) is 4.57 Å². The molecular weight excluding hydrogens is 240 g/mol. The Morgan fingerprint density at radius 3 is 2.63 bits per heavy atom. The highest BCUT2D eigenvalue weighted by Crippen LogP contribution is 2.28. The molecule has 3 aromatic rings. The SMILES string of the molecule is CCn1c(=O)[nH]c2cccc(Oc3ccccc3)c21. The first-order chi connectivity index (χ1) is 9.29. The van der Waals surface area contributed by atoms with Crippen molar-refractivity contribution in [1.82, 2.24) is 9.55 Å². The van der Waals surface area contributed by atoms with Crippen LogP contribution in [0.1, 0.15) is 6.92 Å². The van der Waals surface area contributed by atoms with Crippen molar-refractivity contribution in [2.45, 2.75) is 13.5 Å². The van der Waals surface area contributed by atoms with E-state index in [0.29, 0.717) is 12.3 Å². The molecule has 0 saturated heterocycles. The molecule has 0 amide bonds. The van der Waals surface area contributed by atoms with Crippen LogP contribution in [0.3, 0.4) is 0 Å². The van der Waals surface area contributed by atoms with Crippen molar-refractivity contribution in [3.63, 3.8) is 0 Å². The average molecular weight is 254 g/mol. The van der Waals surface area contributed by atoms with E-state index in [1.807, 2.05) is 55.5 Å². The molecule has 0 radical (unpaired) electrons. The molecular formula is C15H14N2O2. The number of hydrogen-bond acceptors (Lipinski definition) is 2. The fourth-order valence-corrected chi connectivity index (χ4v) is 2.19. The zero-order valence-corrected chi connectivity index (χ0v) is 10.6. The summed E-state index contributed by atoms with van der Waals surface area (Å²) in [4.78, 5) is 14.7. The number of aryl methyl sites for hydroxylation is 1. The van der Waals surface area contributed by atoms with Crippen molar-refractivity contribution in [2.24, 2.45) is 0 Å². The second-order valence-corrected chi connectivity index (χ2v) is 4.24. The van der Waals surface area contributed by atoms with Gasteiger partial charge in [-0.05, 0) is 31.2 Å². The molecule has 2 aromatic carbocycles. The van der Waals surface area contributed by atoms with Crippen LogP contribution < -0.4 is 10.4 Å². The first-order valence-corrected chi connectivity index (χ1v) is 6.24. The Morgan fingerprint density at radius 2 is 1.89 bits per heavy atom. The fraction of sp³-hybridized carbons (Fsp3) is 0.133. The van der Waals surface area contributed by atoms with Crippen LogP contribution in [0.2, 0.25) is 0 Å². The minimum absolute atomic E-state index is 0.110. The van der Waals surface area contributed by atoms with Crippen molar-refractivity contribution in [2.75, 3.05) is 0 Å². The lowest BCUT2D eigenvalue weighted by Crippen LogP contribution is -2.15. The van der Waals surface area contributed by atoms with Gasteiger partial charge >= 0.3 is 5.69 Å². The van der Waals surface area contributed by atoms with Crippen molar-refractivity contribution in [1.29, 1.82) is 0 Å². The van der Waals surface area contributed by atoms with Crippen LogP contribution in [0, 0.1) is 0 Å². The molecule has 19 heavy (non-hydrogen) atoms. The second kappa shape index (κ2) is 4.65. The molecule has 0 unspecified atom stereocenters. The van der Waals surface area contributed by atoms with Crippen LogP contribution in [0.4, 0.5) is 0 Å². The first kappa shape index (κ1) is 11.6. The molecule has 0 bridgehead atoms. The smallest absolute Gasteiger partial charge is 0.326 e. The number of aromatic amines is 1. The molecule has 0 aliphatic rings. The van der Waals surface area contributed by atoms with Crippen molar-refractivity contribution < 1.29 is 4.74 Å². The Morgan fingerprint density at radius 1 is 1.11 bits per heavy atom. The molecule has 4 heteroatoms. The van der Waals surface area contributed by atoms with Gasteiger partial charge in [0.2, 0.25) is 0 Å². The van der Waals surface area contributed by atoms with Crippen molar-refractivity contribution >= 4 is 11.0 Å². The van der Waals surface area contributed by atoms with E-state index >= 15 is 0 Å². The van der Waals surface area contributed by atoms with E-state index in [4.69, 9.17) is 4.74 Å². The van der Waals surface area contributed by atoms with Crippen molar-refractivity contribution in [3.05, 3.63) is 59.0 Å². The van der Waals surface area contributed by atoms with Gasteiger partial charge in [0.15, 0.2) is 5.75 Å². The van der Waals surface area contributed by atoms with Gasteiger partial charge in [-0.1, -0.05) is 24.3 Å². The molecule has 0 spiro atoms. The van der Waals surface area contributed by atoms with Gasteiger partial charge in [-0.15, -0.1) is 0 Å². The first-order valence-electron chi connectivity index (χ1n) is 6.24. The van der Waals surface area contributed by atoms with Crippen LogP contribution in [0.25, 0.3) is 11.0 Å². The van der Waals surface area contributed by atoms with Gasteiger partial charge in [0.25, 0.3) is 0 Å². The van der Waals surface area contributed by atoms with Crippen LogP contribution in [0.15, 0.2) is 53.3 Å². The third-order valence-electron chi connectivity index (χ3n) is 3.04. The van der Waals surface area contributed by atoms with Gasteiger partial charge in [0.05, 0.1) is 5.52 Å². The van der Waals surface area contributed by atoms with Crippen LogP contribution in [-0.4, -0.2) is 9.55 Å². The van der Waals surface area contributed by atoms with E-state index in [0.717, 1.165) is 16.8 Å². The Balaban J connectivity index is 2.16. The number of rotatable bonds is 3. The normalized spacial score (nSPS) is 10.8. The Kier molecular flexibility index (Phi) is 2.83. The van der Waals surface area contributed by atoms with E-state index < -0.39 is 0 Å². The third kappa shape index (κ3) is 2.01. The number of hydrogen-bond donors (Lipinski definition) is 1. The molecule has 0 saturated carbocycles. The summed E-state index contributed by atoms with van der Waals surface area (Å²) in [7, 11) is 0. The molecule has 0 atom stereocenters. The minimum atomic E-state index is -0.110. The van der Waals surface area contributed by atoms with Gasteiger partial charge < -0.3 is 9.72 Å². The summed E-state index contributed by atoms with van der Waals surface area (Å²) < 4.78 is 7.54. The van der Waals surface area contributed by atoms with Crippen molar-refractivity contribution in [3.8, 4) is 11.5 Å². The fourth-order valence-electron chi connectivity index (χ4n) is 2.19. The number of nitrogens with one attached hydrogen (secondary N) is 1. The predicted octanol–water partition coefficient (Wildman–Crippen LogP) is 3.14. The lowest BCUT2D eigenvalue weighted by atomic mass is 10.3. The van der Waals surface area contributed by atoms with E-state index in [1.54, 1.807) is 4.57 Å². The maximum atomic E-state index is 11.8. The zero-order chi connectivity index (χ0) is 13.2. The largest absolute Gasteiger partial charge is 0.455 e. The Hall–Kier alpha value is -2.49. The summed E-state index contributed by atoms with van der Waals surface area (Å²) in [6, 6.07) is 15.2. The number of para-hydroxylation sites is 2. The van der Waals surface area contributed by atoms with E-state index in [9.17, 15) is 4.79 Å². The van der Waals surface area contributed by atoms with E-state index in [2.05, 4.69) is 4.98 Å². The summed E-state index contributed by atoms with van der Waals surface area (Å²) in [6.45, 7) is 2.54. The monoisotopic (exact) mass is 254 g/mol. The summed E-state index contributed by atoms with van der Waals surface area (Å²) in [5.74, 6) is 1.44. The number of H-pyrrole nitrogens is 1. The molecule has 0 aliphatic carbocycles. The number of imidazole rings is 1. The Bertz CT molecular complexity index is 757. The quantitative estimate of drug-likeness (QED) is 0.780. The van der Waals surface area contributed by atoms with E-state index in [-0.39, 0.29) is 5.69 Å². The number of benzene rings is 2. The van der Waals surface area contributed by atoms with Gasteiger partial charge in [-0.2, -0.15) is 0 Å². The second-order valence-electron chi connectivity index (χ2n) is 4.24. The molecule has 0 fully saturated rings. The van der Waals surface area contributed by atoms with Gasteiger partial charge in [0.1, 0.15) is 11.3 Å². The third-order valence-corrected chi connectivity index (χ3v) is 3.04. The predicted molar refractivity (Wildman–Crippen MR) is 74.7 cm³/mol. The number of fused-ring (bicyclic) bond motifs is 1. The molecule has 3 rings (SSSR count). The lowest BCUT2D eigenvalue weighted by Gasteiger charge is -2.08. The summed E-state index contributed by atoms with van der Waals surface area (Å²) >= 11 is 0. The van der Waals surface area contributed by atoms with Crippen LogP contribution >= 0.6 is 0 Å². The highest BCUT2D eigenvalue weighted by Gasteiger charge is 2.11. The molecule has 1 N–H and O–H groups in total. The zero-order valence-electron chi connectivity index (χ0n) is 10.6. The number of aromatic nitrogens is 2. The topological polar surface area (TPSA) is 47.0 Å². The molecule has 1 heterocycles. The summed E-state index contributed by atoms with van der Waals surface area (Å²) in [5.41, 5.74) is 1.49. The highest BCUT2D eigenvalue weighted by atomic mass is 16.5. The molecule has 0 aliphatic heterocycles. The molecule has 4 nitrogen and oxygen atoms in total. The average Bonchev–Trinajstić information content (AvgIpc) is 2.76. The number of nitrogens with zero attached hydrogens (tertiary/aromatic N) is 1. The maximum absolute atomic E-state index is 11.8. The highest BCUT2D eigenvalue weighted by molar-refractivity contribution is 5.82. The maximum Gasteiger partial charge on any atom is 0.326 e. The molecule has 1 aromatic heterocycles. The van der Waals surface area contributed by atoms with Crippen LogP contribution in [-0.2, 0) is 6.54 Å². The Labute approximate surface area is 110 Å². The van der Waals surface area contributed by atoms with Gasteiger partial charge in [0, 0.05) is 6.54 Å².